The fourth-order valence-corrected chi connectivity index (χ4v) is 3.29. The van der Waals surface area contributed by atoms with Crippen LogP contribution in [-0.2, 0) is 0 Å². The Kier molecular flexibility index (Phi) is 3.73. The standard InChI is InChI=1S/C13H14Cl2N2S/c14-11-4-3-10(7-12(11)15)16-13-17(5-6-18-13)8-9-1-2-9/h3-4,7,9H,1-2,5-6,8H2. The Morgan fingerprint density at radius 2 is 2.11 bits per heavy atom. The molecule has 2 nitrogen and oxygen atoms in total. The summed E-state index contributed by atoms with van der Waals surface area (Å²) in [5.41, 5.74) is 0.884. The van der Waals surface area contributed by atoms with Crippen LogP contribution in [0.5, 0.6) is 0 Å². The molecular weight excluding hydrogens is 287 g/mol. The van der Waals surface area contributed by atoms with Gasteiger partial charge in [-0.2, -0.15) is 0 Å². The Morgan fingerprint density at radius 1 is 1.28 bits per heavy atom. The van der Waals surface area contributed by atoms with Crippen LogP contribution in [0.1, 0.15) is 12.8 Å². The van der Waals surface area contributed by atoms with Gasteiger partial charge in [0.15, 0.2) is 5.17 Å². The summed E-state index contributed by atoms with van der Waals surface area (Å²) in [7, 11) is 0. The third kappa shape index (κ3) is 2.95. The van der Waals surface area contributed by atoms with Crippen LogP contribution in [0, 0.1) is 5.92 Å². The summed E-state index contributed by atoms with van der Waals surface area (Å²) in [5.74, 6) is 2.02. The zero-order chi connectivity index (χ0) is 12.5. The Balaban J connectivity index is 1.78. The number of rotatable bonds is 3. The molecule has 0 atom stereocenters. The van der Waals surface area contributed by atoms with Gasteiger partial charge in [0, 0.05) is 18.8 Å². The molecule has 1 aromatic carbocycles. The van der Waals surface area contributed by atoms with Gasteiger partial charge in [-0.05, 0) is 37.0 Å². The third-order valence-electron chi connectivity index (χ3n) is 3.17. The lowest BCUT2D eigenvalue weighted by molar-refractivity contribution is 0.438. The molecule has 1 aliphatic carbocycles. The highest BCUT2D eigenvalue weighted by Gasteiger charge is 2.28. The zero-order valence-electron chi connectivity index (χ0n) is 9.90. The monoisotopic (exact) mass is 300 g/mol. The Hall–Kier alpha value is -0.380. The molecule has 3 rings (SSSR count). The summed E-state index contributed by atoms with van der Waals surface area (Å²) >= 11 is 13.7. The van der Waals surface area contributed by atoms with E-state index in [0.29, 0.717) is 10.0 Å². The summed E-state index contributed by atoms with van der Waals surface area (Å²) in [6, 6.07) is 5.54. The highest BCUT2D eigenvalue weighted by molar-refractivity contribution is 8.14. The number of halogens is 2. The van der Waals surface area contributed by atoms with Gasteiger partial charge in [0.1, 0.15) is 0 Å². The molecule has 0 bridgehead atoms. The fourth-order valence-electron chi connectivity index (χ4n) is 1.98. The molecule has 1 aliphatic heterocycles. The molecule has 2 aliphatic rings. The molecule has 1 saturated carbocycles. The maximum Gasteiger partial charge on any atom is 0.164 e. The van der Waals surface area contributed by atoms with E-state index in [4.69, 9.17) is 23.2 Å². The van der Waals surface area contributed by atoms with Crippen molar-refractivity contribution in [2.45, 2.75) is 12.8 Å². The van der Waals surface area contributed by atoms with Crippen molar-refractivity contribution in [2.75, 3.05) is 18.8 Å². The number of amidine groups is 1. The minimum absolute atomic E-state index is 0.565. The molecule has 18 heavy (non-hydrogen) atoms. The second kappa shape index (κ2) is 5.32. The third-order valence-corrected chi connectivity index (χ3v) is 4.90. The number of hydrogen-bond acceptors (Lipinski definition) is 2. The van der Waals surface area contributed by atoms with Crippen molar-refractivity contribution in [3.8, 4) is 0 Å². The van der Waals surface area contributed by atoms with E-state index in [1.807, 2.05) is 23.9 Å². The lowest BCUT2D eigenvalue weighted by Crippen LogP contribution is -2.26. The van der Waals surface area contributed by atoms with Crippen molar-refractivity contribution in [2.24, 2.45) is 10.9 Å². The summed E-state index contributed by atoms with van der Waals surface area (Å²) < 4.78 is 0. The Morgan fingerprint density at radius 3 is 2.83 bits per heavy atom. The first-order valence-corrected chi connectivity index (χ1v) is 7.88. The lowest BCUT2D eigenvalue weighted by Gasteiger charge is -2.17. The molecule has 96 valence electrons. The van der Waals surface area contributed by atoms with Gasteiger partial charge in [-0.3, -0.25) is 0 Å². The quantitative estimate of drug-likeness (QED) is 0.820. The first kappa shape index (κ1) is 12.6. The summed E-state index contributed by atoms with van der Waals surface area (Å²) in [6.45, 7) is 2.27. The van der Waals surface area contributed by atoms with Crippen LogP contribution in [0.15, 0.2) is 23.2 Å². The molecule has 0 unspecified atom stereocenters. The molecule has 0 amide bonds. The predicted molar refractivity (Wildman–Crippen MR) is 80.3 cm³/mol. The fraction of sp³-hybridized carbons (Fsp3) is 0.462. The topological polar surface area (TPSA) is 15.6 Å². The van der Waals surface area contributed by atoms with Crippen molar-refractivity contribution in [1.29, 1.82) is 0 Å². The Labute approximate surface area is 121 Å². The van der Waals surface area contributed by atoms with Crippen LogP contribution >= 0.6 is 35.0 Å². The van der Waals surface area contributed by atoms with E-state index in [-0.39, 0.29) is 0 Å². The number of hydrogen-bond donors (Lipinski definition) is 0. The van der Waals surface area contributed by atoms with E-state index in [1.165, 1.54) is 12.8 Å². The van der Waals surface area contributed by atoms with Crippen LogP contribution < -0.4 is 0 Å². The van der Waals surface area contributed by atoms with Crippen molar-refractivity contribution in [3.05, 3.63) is 28.2 Å². The van der Waals surface area contributed by atoms with E-state index < -0.39 is 0 Å². The highest BCUT2D eigenvalue weighted by Crippen LogP contribution is 2.33. The lowest BCUT2D eigenvalue weighted by atomic mass is 10.3. The largest absolute Gasteiger partial charge is 0.350 e. The summed E-state index contributed by atoms with van der Waals surface area (Å²) in [4.78, 5) is 7.08. The molecule has 0 N–H and O–H groups in total. The summed E-state index contributed by atoms with van der Waals surface area (Å²) in [5, 5.41) is 2.27. The molecule has 1 aromatic rings. The van der Waals surface area contributed by atoms with Gasteiger partial charge in [-0.15, -0.1) is 0 Å². The van der Waals surface area contributed by atoms with Crippen LogP contribution in [-0.4, -0.2) is 28.9 Å². The van der Waals surface area contributed by atoms with Gasteiger partial charge in [-0.1, -0.05) is 35.0 Å². The molecule has 0 radical (unpaired) electrons. The van der Waals surface area contributed by atoms with Gasteiger partial charge in [0.2, 0.25) is 0 Å². The van der Waals surface area contributed by atoms with Gasteiger partial charge in [-0.25, -0.2) is 4.99 Å². The van der Waals surface area contributed by atoms with Crippen LogP contribution in [0.3, 0.4) is 0 Å². The normalized spacial score (nSPS) is 21.9. The van der Waals surface area contributed by atoms with Gasteiger partial charge >= 0.3 is 0 Å². The van der Waals surface area contributed by atoms with E-state index in [9.17, 15) is 0 Å². The van der Waals surface area contributed by atoms with E-state index >= 15 is 0 Å². The van der Waals surface area contributed by atoms with Gasteiger partial charge in [0.25, 0.3) is 0 Å². The van der Waals surface area contributed by atoms with E-state index in [2.05, 4.69) is 9.89 Å². The van der Waals surface area contributed by atoms with Crippen LogP contribution in [0.2, 0.25) is 10.0 Å². The van der Waals surface area contributed by atoms with Crippen LogP contribution in [0.25, 0.3) is 0 Å². The maximum atomic E-state index is 6.01. The number of benzene rings is 1. The summed E-state index contributed by atoms with van der Waals surface area (Å²) in [6.07, 6.45) is 2.75. The minimum Gasteiger partial charge on any atom is -0.350 e. The first-order chi connectivity index (χ1) is 8.72. The first-order valence-electron chi connectivity index (χ1n) is 6.14. The smallest absolute Gasteiger partial charge is 0.164 e. The van der Waals surface area contributed by atoms with Crippen molar-refractivity contribution in [1.82, 2.24) is 4.90 Å². The minimum atomic E-state index is 0.565. The Bertz CT molecular complexity index is 486. The highest BCUT2D eigenvalue weighted by atomic mass is 35.5. The van der Waals surface area contributed by atoms with Crippen LogP contribution in [0.4, 0.5) is 5.69 Å². The second-order valence-corrected chi connectivity index (χ2v) is 6.61. The van der Waals surface area contributed by atoms with E-state index in [0.717, 1.165) is 35.6 Å². The van der Waals surface area contributed by atoms with Crippen molar-refractivity contribution in [3.63, 3.8) is 0 Å². The SMILES string of the molecule is Clc1ccc(N=C2SCCN2CC2CC2)cc1Cl. The predicted octanol–water partition coefficient (Wildman–Crippen LogP) is 4.44. The molecule has 0 aromatic heterocycles. The van der Waals surface area contributed by atoms with Gasteiger partial charge < -0.3 is 4.90 Å². The average molecular weight is 301 g/mol. The maximum absolute atomic E-state index is 6.01. The molecular formula is C13H14Cl2N2S. The molecule has 0 spiro atoms. The zero-order valence-corrected chi connectivity index (χ0v) is 12.2. The van der Waals surface area contributed by atoms with Crippen molar-refractivity contribution >= 4 is 45.8 Å². The second-order valence-electron chi connectivity index (χ2n) is 4.73. The number of aliphatic imine (C=N–C) groups is 1. The molecule has 5 heteroatoms. The van der Waals surface area contributed by atoms with Gasteiger partial charge in [0.05, 0.1) is 15.7 Å². The average Bonchev–Trinajstić information content (AvgIpc) is 3.05. The number of nitrogens with zero attached hydrogens (tertiary/aromatic N) is 2. The number of thioether (sulfide) groups is 1. The molecule has 2 fully saturated rings. The van der Waals surface area contributed by atoms with E-state index in [1.54, 1.807) is 6.07 Å². The molecule has 1 heterocycles. The van der Waals surface area contributed by atoms with Crippen molar-refractivity contribution < 1.29 is 0 Å². The molecule has 1 saturated heterocycles.